The smallest absolute Gasteiger partial charge is 0.326 e. The Labute approximate surface area is 119 Å². The number of urea groups is 1. The Bertz CT molecular complexity index is 416. The Hall–Kier alpha value is -2.65. The first-order valence-corrected chi connectivity index (χ1v) is 6.01. The normalized spacial score (nSPS) is 19.7. The van der Waals surface area contributed by atoms with Gasteiger partial charge in [0.2, 0.25) is 11.8 Å². The van der Waals surface area contributed by atoms with E-state index in [1.165, 1.54) is 0 Å². The van der Waals surface area contributed by atoms with Gasteiger partial charge in [-0.1, -0.05) is 0 Å². The molecule has 21 heavy (non-hydrogen) atoms. The van der Waals surface area contributed by atoms with Crippen molar-refractivity contribution >= 4 is 29.8 Å². The van der Waals surface area contributed by atoms with Gasteiger partial charge in [0.15, 0.2) is 0 Å². The van der Waals surface area contributed by atoms with Crippen LogP contribution in [0.1, 0.15) is 26.2 Å². The van der Waals surface area contributed by atoms with Crippen LogP contribution >= 0.6 is 0 Å². The van der Waals surface area contributed by atoms with E-state index in [1.807, 2.05) is 5.32 Å². The van der Waals surface area contributed by atoms with E-state index in [2.05, 4.69) is 10.6 Å². The lowest BCUT2D eigenvalue weighted by molar-refractivity contribution is -0.143. The molecule has 2 fully saturated rings. The van der Waals surface area contributed by atoms with Crippen molar-refractivity contribution in [1.82, 2.24) is 16.0 Å². The highest BCUT2D eigenvalue weighted by atomic mass is 16.4. The van der Waals surface area contributed by atoms with Crippen LogP contribution in [-0.4, -0.2) is 52.6 Å². The van der Waals surface area contributed by atoms with Crippen molar-refractivity contribution < 1.29 is 34.2 Å². The summed E-state index contributed by atoms with van der Waals surface area (Å²) in [4.78, 5) is 50.0. The van der Waals surface area contributed by atoms with Crippen molar-refractivity contribution in [3.8, 4) is 0 Å². The first kappa shape index (κ1) is 18.4. The minimum absolute atomic E-state index is 0.124. The topological polar surface area (TPSA) is 162 Å². The molecule has 1 atom stereocenters. The van der Waals surface area contributed by atoms with Gasteiger partial charge in [-0.25, -0.2) is 9.59 Å². The molecule has 0 aromatic carbocycles. The van der Waals surface area contributed by atoms with Crippen molar-refractivity contribution in [2.75, 3.05) is 6.54 Å². The number of carboxylic acid groups (broad SMARTS) is 2. The van der Waals surface area contributed by atoms with Crippen molar-refractivity contribution in [1.29, 1.82) is 0 Å². The molecular formula is C11H17N3O7. The summed E-state index contributed by atoms with van der Waals surface area (Å²) < 4.78 is 0. The molecule has 2 saturated heterocycles. The highest BCUT2D eigenvalue weighted by Crippen LogP contribution is 2.07. The maximum Gasteiger partial charge on any atom is 0.326 e. The number of carbonyl (C=O) groups is 5. The summed E-state index contributed by atoms with van der Waals surface area (Å²) in [6.45, 7) is 1.21. The van der Waals surface area contributed by atoms with Crippen molar-refractivity contribution in [3.05, 3.63) is 0 Å². The Balaban J connectivity index is 0.000000317. The molecule has 2 aliphatic heterocycles. The number of carbonyl (C=O) groups excluding carboxylic acids is 3. The van der Waals surface area contributed by atoms with Crippen LogP contribution in [0.5, 0.6) is 0 Å². The quantitative estimate of drug-likeness (QED) is 0.374. The van der Waals surface area contributed by atoms with Gasteiger partial charge < -0.3 is 20.8 Å². The lowest BCUT2D eigenvalue weighted by Crippen LogP contribution is -2.43. The number of hydrogen-bond donors (Lipinski definition) is 5. The van der Waals surface area contributed by atoms with E-state index in [4.69, 9.17) is 15.0 Å². The molecule has 0 aromatic heterocycles. The van der Waals surface area contributed by atoms with Gasteiger partial charge in [0.05, 0.1) is 6.54 Å². The summed E-state index contributed by atoms with van der Waals surface area (Å²) in [6.07, 6.45) is 1.70. The van der Waals surface area contributed by atoms with Crippen LogP contribution in [0.15, 0.2) is 0 Å². The highest BCUT2D eigenvalue weighted by molar-refractivity contribution is 6.01. The fraction of sp³-hybridized carbons (Fsp3) is 0.545. The zero-order chi connectivity index (χ0) is 16.4. The molecule has 2 heterocycles. The van der Waals surface area contributed by atoms with Crippen LogP contribution in [0.4, 0.5) is 4.79 Å². The minimum Gasteiger partial charge on any atom is -0.481 e. The maximum absolute atomic E-state index is 10.6. The average molecular weight is 303 g/mol. The standard InChI is InChI=1S/C6H9NO3.C3H4N2O2.C2H4O2/c8-5-3-1-2-4(7-5)6(9)10;6-2-1-4-3(7)5-2;1-2(3)4/h4H,1-3H2,(H,7,8)(H,9,10);1H2,(H2,4,5,6,7);1H3,(H,3,4). The van der Waals surface area contributed by atoms with Gasteiger partial charge in [-0.05, 0) is 12.8 Å². The monoisotopic (exact) mass is 303 g/mol. The Morgan fingerprint density at radius 3 is 1.95 bits per heavy atom. The number of amides is 4. The summed E-state index contributed by atoms with van der Waals surface area (Å²) in [5.74, 6) is -2.18. The van der Waals surface area contributed by atoms with Gasteiger partial charge in [-0.15, -0.1) is 0 Å². The fourth-order valence-corrected chi connectivity index (χ4v) is 1.37. The second-order valence-electron chi connectivity index (χ2n) is 4.10. The SMILES string of the molecule is CC(=O)O.O=C1CCCC(C(=O)O)N1.O=C1CNC(=O)N1. The Morgan fingerprint density at radius 1 is 1.14 bits per heavy atom. The fourth-order valence-electron chi connectivity index (χ4n) is 1.37. The highest BCUT2D eigenvalue weighted by Gasteiger charge is 2.23. The largest absolute Gasteiger partial charge is 0.481 e. The van der Waals surface area contributed by atoms with Crippen LogP contribution in [0, 0.1) is 0 Å². The summed E-state index contributed by atoms with van der Waals surface area (Å²) in [5, 5.41) is 22.5. The van der Waals surface area contributed by atoms with Gasteiger partial charge in [-0.3, -0.25) is 19.7 Å². The van der Waals surface area contributed by atoms with E-state index >= 15 is 0 Å². The predicted molar refractivity (Wildman–Crippen MR) is 68.3 cm³/mol. The number of aliphatic carboxylic acids is 2. The lowest BCUT2D eigenvalue weighted by atomic mass is 10.1. The van der Waals surface area contributed by atoms with E-state index in [0.29, 0.717) is 19.3 Å². The van der Waals surface area contributed by atoms with Crippen LogP contribution in [0.2, 0.25) is 0 Å². The van der Waals surface area contributed by atoms with Crippen molar-refractivity contribution in [3.63, 3.8) is 0 Å². The van der Waals surface area contributed by atoms with E-state index in [0.717, 1.165) is 6.92 Å². The molecule has 0 saturated carbocycles. The van der Waals surface area contributed by atoms with Crippen molar-refractivity contribution in [2.24, 2.45) is 0 Å². The molecule has 118 valence electrons. The van der Waals surface area contributed by atoms with Gasteiger partial charge >= 0.3 is 12.0 Å². The molecule has 10 nitrogen and oxygen atoms in total. The van der Waals surface area contributed by atoms with Gasteiger partial charge in [0.1, 0.15) is 6.04 Å². The maximum atomic E-state index is 10.6. The Kier molecular flexibility index (Phi) is 8.11. The molecule has 2 aliphatic rings. The van der Waals surface area contributed by atoms with Gasteiger partial charge in [0, 0.05) is 13.3 Å². The third-order valence-electron chi connectivity index (χ3n) is 2.19. The second-order valence-corrected chi connectivity index (χ2v) is 4.10. The van der Waals surface area contributed by atoms with E-state index < -0.39 is 24.0 Å². The predicted octanol–water partition coefficient (Wildman–Crippen LogP) is -1.34. The zero-order valence-electron chi connectivity index (χ0n) is 11.3. The van der Waals surface area contributed by atoms with Gasteiger partial charge in [-0.2, -0.15) is 0 Å². The van der Waals surface area contributed by atoms with Crippen LogP contribution in [0.25, 0.3) is 0 Å². The number of carboxylic acids is 2. The number of piperidine rings is 1. The first-order valence-electron chi connectivity index (χ1n) is 6.01. The minimum atomic E-state index is -0.937. The lowest BCUT2D eigenvalue weighted by Gasteiger charge is -2.18. The Morgan fingerprint density at radius 2 is 1.71 bits per heavy atom. The molecule has 5 N–H and O–H groups in total. The number of hydrogen-bond acceptors (Lipinski definition) is 5. The van der Waals surface area contributed by atoms with E-state index in [-0.39, 0.29) is 18.4 Å². The molecule has 10 heteroatoms. The first-order chi connectivity index (χ1) is 9.72. The van der Waals surface area contributed by atoms with Gasteiger partial charge in [0.25, 0.3) is 5.97 Å². The van der Waals surface area contributed by atoms with Crippen molar-refractivity contribution in [2.45, 2.75) is 32.2 Å². The number of nitrogens with one attached hydrogen (secondary N) is 3. The summed E-state index contributed by atoms with van der Waals surface area (Å²) in [7, 11) is 0. The molecular weight excluding hydrogens is 286 g/mol. The number of rotatable bonds is 1. The summed E-state index contributed by atoms with van der Waals surface area (Å²) >= 11 is 0. The summed E-state index contributed by atoms with van der Waals surface area (Å²) in [5.41, 5.74) is 0. The molecule has 0 aromatic rings. The molecule has 0 aliphatic carbocycles. The summed E-state index contributed by atoms with van der Waals surface area (Å²) in [6, 6.07) is -1.05. The molecule has 2 rings (SSSR count). The van der Waals surface area contributed by atoms with Crippen LogP contribution < -0.4 is 16.0 Å². The van der Waals surface area contributed by atoms with E-state index in [1.54, 1.807) is 0 Å². The van der Waals surface area contributed by atoms with Crippen LogP contribution in [0.3, 0.4) is 0 Å². The average Bonchev–Trinajstić information content (AvgIpc) is 2.73. The third kappa shape index (κ3) is 9.87. The second kappa shape index (κ2) is 9.28. The third-order valence-corrected chi connectivity index (χ3v) is 2.19. The van der Waals surface area contributed by atoms with E-state index in [9.17, 15) is 19.2 Å². The molecule has 1 unspecified atom stereocenters. The molecule has 4 amide bonds. The molecule has 0 bridgehead atoms. The zero-order valence-corrected chi connectivity index (χ0v) is 11.3. The molecule has 0 spiro atoms. The number of imide groups is 1. The molecule has 0 radical (unpaired) electrons. The van der Waals surface area contributed by atoms with Crippen LogP contribution in [-0.2, 0) is 19.2 Å².